The van der Waals surface area contributed by atoms with E-state index in [1.54, 1.807) is 0 Å². The van der Waals surface area contributed by atoms with Gasteiger partial charge in [-0.25, -0.2) is 8.42 Å². The van der Waals surface area contributed by atoms with Crippen LogP contribution in [-0.2, 0) is 10.0 Å². The van der Waals surface area contributed by atoms with Crippen LogP contribution in [0.15, 0.2) is 0 Å². The Balaban J connectivity index is 2.70. The first-order valence-corrected chi connectivity index (χ1v) is 7.20. The Labute approximate surface area is 91.7 Å². The third-order valence-electron chi connectivity index (χ3n) is 3.13. The maximum atomic E-state index is 11.2. The molecule has 1 aliphatic rings. The second kappa shape index (κ2) is 4.50. The Morgan fingerprint density at radius 3 is 2.33 bits per heavy atom. The molecule has 5 heteroatoms. The van der Waals surface area contributed by atoms with Gasteiger partial charge < -0.3 is 0 Å². The predicted octanol–water partition coefficient (Wildman–Crippen LogP) is 1.40. The van der Waals surface area contributed by atoms with Gasteiger partial charge in [-0.15, -0.1) is 0 Å². The van der Waals surface area contributed by atoms with E-state index in [1.165, 1.54) is 0 Å². The van der Waals surface area contributed by atoms with Gasteiger partial charge in [0.05, 0.1) is 12.3 Å². The smallest absolute Gasteiger partial charge is 0.210 e. The predicted molar refractivity (Wildman–Crippen MR) is 58.6 cm³/mol. The van der Waals surface area contributed by atoms with Crippen LogP contribution in [0.5, 0.6) is 0 Å². The molecule has 0 unspecified atom stereocenters. The summed E-state index contributed by atoms with van der Waals surface area (Å²) in [6.45, 7) is 2.13. The molecule has 0 heterocycles. The van der Waals surface area contributed by atoms with Crippen LogP contribution in [0.25, 0.3) is 0 Å². The minimum atomic E-state index is -3.29. The van der Waals surface area contributed by atoms with E-state index in [4.69, 9.17) is 5.26 Å². The van der Waals surface area contributed by atoms with Gasteiger partial charge in [0.25, 0.3) is 0 Å². The van der Waals surface area contributed by atoms with Gasteiger partial charge in [0.1, 0.15) is 5.54 Å². The van der Waals surface area contributed by atoms with Crippen LogP contribution < -0.4 is 4.72 Å². The average molecular weight is 230 g/mol. The van der Waals surface area contributed by atoms with Gasteiger partial charge in [-0.1, -0.05) is 13.3 Å². The topological polar surface area (TPSA) is 70.0 Å². The molecule has 15 heavy (non-hydrogen) atoms. The summed E-state index contributed by atoms with van der Waals surface area (Å²) in [5, 5.41) is 9.09. The van der Waals surface area contributed by atoms with Crippen molar-refractivity contribution in [2.75, 3.05) is 6.26 Å². The van der Waals surface area contributed by atoms with Crippen molar-refractivity contribution in [2.24, 2.45) is 5.92 Å². The van der Waals surface area contributed by atoms with Crippen LogP contribution in [0.1, 0.15) is 39.0 Å². The van der Waals surface area contributed by atoms with Gasteiger partial charge in [-0.2, -0.15) is 9.98 Å². The molecule has 1 aliphatic carbocycles. The minimum Gasteiger partial charge on any atom is -0.213 e. The summed E-state index contributed by atoms with van der Waals surface area (Å²) < 4.78 is 24.8. The average Bonchev–Trinajstić information content (AvgIpc) is 2.16. The van der Waals surface area contributed by atoms with E-state index in [1.807, 2.05) is 0 Å². The van der Waals surface area contributed by atoms with Crippen LogP contribution in [0.3, 0.4) is 0 Å². The molecule has 0 radical (unpaired) electrons. The largest absolute Gasteiger partial charge is 0.213 e. The van der Waals surface area contributed by atoms with Crippen LogP contribution in [0.4, 0.5) is 0 Å². The first-order chi connectivity index (χ1) is 6.91. The Bertz CT molecular complexity index is 348. The molecule has 0 aromatic heterocycles. The first kappa shape index (κ1) is 12.5. The number of nitrogens with zero attached hydrogens (tertiary/aromatic N) is 1. The second-order valence-electron chi connectivity index (χ2n) is 4.42. The maximum absolute atomic E-state index is 11.2. The van der Waals surface area contributed by atoms with Crippen LogP contribution in [0.2, 0.25) is 0 Å². The lowest BCUT2D eigenvalue weighted by Gasteiger charge is -2.34. The summed E-state index contributed by atoms with van der Waals surface area (Å²) >= 11 is 0. The van der Waals surface area contributed by atoms with E-state index in [9.17, 15) is 8.42 Å². The second-order valence-corrected chi connectivity index (χ2v) is 6.17. The van der Waals surface area contributed by atoms with Crippen LogP contribution in [0, 0.1) is 17.2 Å². The van der Waals surface area contributed by atoms with Gasteiger partial charge in [-0.05, 0) is 31.6 Å². The number of hydrogen-bond acceptors (Lipinski definition) is 3. The van der Waals surface area contributed by atoms with Gasteiger partial charge in [0, 0.05) is 0 Å². The third kappa shape index (κ3) is 3.47. The molecule has 0 spiro atoms. The quantitative estimate of drug-likeness (QED) is 0.796. The molecular weight excluding hydrogens is 212 g/mol. The molecule has 0 bridgehead atoms. The molecule has 1 N–H and O–H groups in total. The molecule has 0 saturated heterocycles. The van der Waals surface area contributed by atoms with Crippen molar-refractivity contribution < 1.29 is 8.42 Å². The Morgan fingerprint density at radius 1 is 1.47 bits per heavy atom. The minimum absolute atomic E-state index is 0.634. The molecule has 0 atom stereocenters. The van der Waals surface area contributed by atoms with Crippen LogP contribution in [-0.4, -0.2) is 20.2 Å². The van der Waals surface area contributed by atoms with E-state index in [-0.39, 0.29) is 0 Å². The Morgan fingerprint density at radius 2 is 2.00 bits per heavy atom. The number of rotatable bonds is 3. The van der Waals surface area contributed by atoms with E-state index in [0.717, 1.165) is 25.5 Å². The highest BCUT2D eigenvalue weighted by atomic mass is 32.2. The first-order valence-electron chi connectivity index (χ1n) is 5.31. The highest BCUT2D eigenvalue weighted by Gasteiger charge is 2.37. The lowest BCUT2D eigenvalue weighted by molar-refractivity contribution is 0.259. The zero-order valence-electron chi connectivity index (χ0n) is 9.28. The zero-order chi connectivity index (χ0) is 11.5. The lowest BCUT2D eigenvalue weighted by atomic mass is 9.77. The number of hydrogen-bond donors (Lipinski definition) is 1. The summed E-state index contributed by atoms with van der Waals surface area (Å²) in [5.74, 6) is 0.646. The molecule has 1 rings (SSSR count). The molecule has 0 aromatic rings. The molecule has 0 amide bonds. The fraction of sp³-hybridized carbons (Fsp3) is 0.900. The fourth-order valence-corrected chi connectivity index (χ4v) is 3.13. The summed E-state index contributed by atoms with van der Waals surface area (Å²) in [7, 11) is -3.29. The van der Waals surface area contributed by atoms with E-state index < -0.39 is 15.6 Å². The van der Waals surface area contributed by atoms with E-state index in [2.05, 4.69) is 17.7 Å². The number of sulfonamides is 1. The van der Waals surface area contributed by atoms with Gasteiger partial charge >= 0.3 is 0 Å². The lowest BCUT2D eigenvalue weighted by Crippen LogP contribution is -2.49. The van der Waals surface area contributed by atoms with Crippen molar-refractivity contribution in [3.63, 3.8) is 0 Å². The van der Waals surface area contributed by atoms with Crippen molar-refractivity contribution in [2.45, 2.75) is 44.6 Å². The van der Waals surface area contributed by atoms with Crippen molar-refractivity contribution in [3.05, 3.63) is 0 Å². The third-order valence-corrected chi connectivity index (χ3v) is 3.89. The molecule has 86 valence electrons. The van der Waals surface area contributed by atoms with E-state index >= 15 is 0 Å². The van der Waals surface area contributed by atoms with Gasteiger partial charge in [-0.3, -0.25) is 0 Å². The molecular formula is C10H18N2O2S. The van der Waals surface area contributed by atoms with Crippen molar-refractivity contribution in [3.8, 4) is 6.07 Å². The van der Waals surface area contributed by atoms with Gasteiger partial charge in [0.15, 0.2) is 0 Å². The number of nitriles is 1. The Kier molecular flexibility index (Phi) is 3.74. The molecule has 0 aromatic carbocycles. The fourth-order valence-electron chi connectivity index (χ4n) is 2.17. The summed E-state index contributed by atoms with van der Waals surface area (Å²) in [6.07, 6.45) is 5.36. The van der Waals surface area contributed by atoms with Gasteiger partial charge in [0.2, 0.25) is 10.0 Å². The van der Waals surface area contributed by atoms with Crippen molar-refractivity contribution >= 4 is 10.0 Å². The van der Waals surface area contributed by atoms with Crippen molar-refractivity contribution in [1.29, 1.82) is 5.26 Å². The molecule has 4 nitrogen and oxygen atoms in total. The summed E-state index contributed by atoms with van der Waals surface area (Å²) in [4.78, 5) is 0. The standard InChI is InChI=1S/C10H18N2O2S/c1-3-9-4-6-10(8-11,7-5-9)12-15(2,13)14/h9,12H,3-7H2,1-2H3. The zero-order valence-corrected chi connectivity index (χ0v) is 10.1. The maximum Gasteiger partial charge on any atom is 0.210 e. The molecule has 0 aliphatic heterocycles. The summed E-state index contributed by atoms with van der Waals surface area (Å²) in [6, 6.07) is 2.13. The number of nitrogens with one attached hydrogen (secondary N) is 1. The van der Waals surface area contributed by atoms with E-state index in [0.29, 0.717) is 18.8 Å². The highest BCUT2D eigenvalue weighted by Crippen LogP contribution is 2.33. The van der Waals surface area contributed by atoms with Crippen LogP contribution >= 0.6 is 0 Å². The molecule has 1 saturated carbocycles. The van der Waals surface area contributed by atoms with Crippen molar-refractivity contribution in [1.82, 2.24) is 4.72 Å². The molecule has 1 fully saturated rings. The highest BCUT2D eigenvalue weighted by molar-refractivity contribution is 7.88. The Hall–Kier alpha value is -0.600. The SMILES string of the molecule is CCC1CCC(C#N)(NS(C)(=O)=O)CC1. The normalized spacial score (nSPS) is 32.2. The monoisotopic (exact) mass is 230 g/mol. The summed E-state index contributed by atoms with van der Waals surface area (Å²) in [5.41, 5.74) is -0.848.